The summed E-state index contributed by atoms with van der Waals surface area (Å²) in [5.41, 5.74) is 6.05. The van der Waals surface area contributed by atoms with Gasteiger partial charge in [-0.25, -0.2) is 15.0 Å². The molecule has 3 aliphatic carbocycles. The van der Waals surface area contributed by atoms with Crippen LogP contribution < -0.4 is 0 Å². The van der Waals surface area contributed by atoms with E-state index in [1.54, 1.807) is 12.4 Å². The van der Waals surface area contributed by atoms with Crippen molar-refractivity contribution in [1.29, 1.82) is 0 Å². The molecule has 6 rings (SSSR count). The lowest BCUT2D eigenvalue weighted by atomic mass is 9.48. The van der Waals surface area contributed by atoms with Crippen LogP contribution in [0.4, 0.5) is 5.95 Å². The summed E-state index contributed by atoms with van der Waals surface area (Å²) in [6.07, 6.45) is 7.65. The Bertz CT molecular complexity index is 1010. The lowest BCUT2D eigenvalue weighted by Gasteiger charge is -2.56. The third kappa shape index (κ3) is 2.67. The maximum absolute atomic E-state index is 4.90. The Morgan fingerprint density at radius 3 is 2.56 bits per heavy atom. The molecular weight excluding hydrogens is 332 g/mol. The predicted molar refractivity (Wildman–Crippen MR) is 107 cm³/mol. The Morgan fingerprint density at radius 2 is 1.81 bits per heavy atom. The maximum atomic E-state index is 4.90. The van der Waals surface area contributed by atoms with Crippen LogP contribution in [-0.4, -0.2) is 21.2 Å². The number of nitrogens with zero attached hydrogens (tertiary/aromatic N) is 4. The molecule has 3 aromatic rings. The van der Waals surface area contributed by atoms with Gasteiger partial charge in [0.15, 0.2) is 0 Å². The summed E-state index contributed by atoms with van der Waals surface area (Å²) >= 11 is 0. The molecule has 0 N–H and O–H groups in total. The number of pyridine rings is 1. The first-order valence-corrected chi connectivity index (χ1v) is 9.53. The number of benzene rings is 1. The third-order valence-electron chi connectivity index (χ3n) is 6.36. The van der Waals surface area contributed by atoms with Gasteiger partial charge in [0.05, 0.1) is 11.4 Å². The molecule has 1 aromatic carbocycles. The van der Waals surface area contributed by atoms with Gasteiger partial charge in [-0.3, -0.25) is 4.98 Å². The van der Waals surface area contributed by atoms with Crippen LogP contribution in [-0.2, 0) is 6.42 Å². The quantitative estimate of drug-likeness (QED) is 0.624. The van der Waals surface area contributed by atoms with Crippen LogP contribution in [0.3, 0.4) is 0 Å². The largest absolute Gasteiger partial charge is 0.265 e. The van der Waals surface area contributed by atoms with Gasteiger partial charge >= 0.3 is 0 Å². The van der Waals surface area contributed by atoms with Crippen molar-refractivity contribution in [2.24, 2.45) is 16.3 Å². The van der Waals surface area contributed by atoms with Crippen LogP contribution >= 0.6 is 0 Å². The first-order valence-electron chi connectivity index (χ1n) is 9.53. The predicted octanol–water partition coefficient (Wildman–Crippen LogP) is 4.98. The minimum atomic E-state index is 0.321. The van der Waals surface area contributed by atoms with Gasteiger partial charge in [0.1, 0.15) is 0 Å². The molecule has 0 aliphatic heterocycles. The monoisotopic (exact) mass is 354 g/mol. The standard InChI is InChI=1S/C23H22N4/c1-23(2)17-12-18-20(16-6-4-3-5-7-16)26-22(27-21(18)19(23)13-17)25-14-15-8-10-24-11-9-15/h3-11,14,17,19H,12-13H2,1-2H3. The fourth-order valence-corrected chi connectivity index (χ4v) is 4.53. The van der Waals surface area contributed by atoms with Gasteiger partial charge in [-0.05, 0) is 41.9 Å². The molecule has 0 radical (unpaired) electrons. The molecule has 0 saturated heterocycles. The first kappa shape index (κ1) is 16.3. The highest BCUT2D eigenvalue weighted by molar-refractivity contribution is 5.81. The summed E-state index contributed by atoms with van der Waals surface area (Å²) in [7, 11) is 0. The summed E-state index contributed by atoms with van der Waals surface area (Å²) < 4.78 is 0. The first-order chi connectivity index (χ1) is 13.1. The normalized spacial score (nSPS) is 22.3. The second-order valence-corrected chi connectivity index (χ2v) is 8.15. The van der Waals surface area contributed by atoms with E-state index in [0.29, 0.717) is 17.3 Å². The fraction of sp³-hybridized carbons (Fsp3) is 0.304. The molecule has 4 nitrogen and oxygen atoms in total. The van der Waals surface area contributed by atoms with E-state index in [1.807, 2.05) is 24.4 Å². The van der Waals surface area contributed by atoms with Crippen molar-refractivity contribution in [3.05, 3.63) is 71.7 Å². The summed E-state index contributed by atoms with van der Waals surface area (Å²) in [6.45, 7) is 4.75. The second-order valence-electron chi connectivity index (χ2n) is 8.15. The molecule has 4 heteroatoms. The molecular formula is C23H22N4. The van der Waals surface area contributed by atoms with Gasteiger partial charge in [0.25, 0.3) is 0 Å². The number of hydrogen-bond donors (Lipinski definition) is 0. The Kier molecular flexibility index (Phi) is 3.67. The topological polar surface area (TPSA) is 51.0 Å². The van der Waals surface area contributed by atoms with Gasteiger partial charge in [-0.15, -0.1) is 0 Å². The van der Waals surface area contributed by atoms with Gasteiger partial charge in [0.2, 0.25) is 5.95 Å². The highest BCUT2D eigenvalue weighted by atomic mass is 15.1. The SMILES string of the molecule is CC1(C)C2Cc3c(-c4ccccc4)nc(N=Cc4ccncc4)nc3C1C2. The van der Waals surface area contributed by atoms with Gasteiger partial charge in [0, 0.05) is 35.7 Å². The van der Waals surface area contributed by atoms with Crippen molar-refractivity contribution in [2.75, 3.05) is 0 Å². The minimum Gasteiger partial charge on any atom is -0.265 e. The van der Waals surface area contributed by atoms with Crippen molar-refractivity contribution in [3.8, 4) is 11.3 Å². The minimum absolute atomic E-state index is 0.321. The second kappa shape index (κ2) is 6.08. The van der Waals surface area contributed by atoms with Crippen LogP contribution in [0.5, 0.6) is 0 Å². The van der Waals surface area contributed by atoms with Crippen molar-refractivity contribution in [3.63, 3.8) is 0 Å². The molecule has 1 fully saturated rings. The molecule has 2 unspecified atom stereocenters. The number of aromatic nitrogens is 3. The third-order valence-corrected chi connectivity index (χ3v) is 6.36. The fourth-order valence-electron chi connectivity index (χ4n) is 4.53. The Morgan fingerprint density at radius 1 is 1.04 bits per heavy atom. The maximum Gasteiger partial charge on any atom is 0.250 e. The van der Waals surface area contributed by atoms with E-state index in [-0.39, 0.29) is 0 Å². The zero-order chi connectivity index (χ0) is 18.4. The Labute approximate surface area is 159 Å². The van der Waals surface area contributed by atoms with E-state index in [9.17, 15) is 0 Å². The van der Waals surface area contributed by atoms with E-state index in [0.717, 1.165) is 29.2 Å². The zero-order valence-corrected chi connectivity index (χ0v) is 15.6. The smallest absolute Gasteiger partial charge is 0.250 e. The Balaban J connectivity index is 1.63. The summed E-state index contributed by atoms with van der Waals surface area (Å²) in [5.74, 6) is 1.78. The van der Waals surface area contributed by atoms with E-state index < -0.39 is 0 Å². The van der Waals surface area contributed by atoms with Crippen LogP contribution in [0.25, 0.3) is 11.3 Å². The van der Waals surface area contributed by atoms with Crippen LogP contribution in [0.15, 0.2) is 59.9 Å². The highest BCUT2D eigenvalue weighted by Gasteiger charge is 2.54. The van der Waals surface area contributed by atoms with Crippen molar-refractivity contribution >= 4 is 12.2 Å². The van der Waals surface area contributed by atoms with Gasteiger partial charge in [-0.1, -0.05) is 44.2 Å². The summed E-state index contributed by atoms with van der Waals surface area (Å²) in [6, 6.07) is 14.3. The summed E-state index contributed by atoms with van der Waals surface area (Å²) in [5, 5.41) is 0. The van der Waals surface area contributed by atoms with E-state index in [2.05, 4.69) is 48.1 Å². The zero-order valence-electron chi connectivity index (χ0n) is 15.6. The van der Waals surface area contributed by atoms with E-state index in [1.165, 1.54) is 17.7 Å². The van der Waals surface area contributed by atoms with Crippen molar-refractivity contribution in [1.82, 2.24) is 15.0 Å². The molecule has 2 heterocycles. The molecule has 2 aromatic heterocycles. The molecule has 27 heavy (non-hydrogen) atoms. The van der Waals surface area contributed by atoms with Gasteiger partial charge in [-0.2, -0.15) is 0 Å². The van der Waals surface area contributed by atoms with E-state index >= 15 is 0 Å². The molecule has 134 valence electrons. The number of hydrogen-bond acceptors (Lipinski definition) is 4. The van der Waals surface area contributed by atoms with E-state index in [4.69, 9.17) is 9.97 Å². The molecule has 3 aliphatic rings. The van der Waals surface area contributed by atoms with Crippen molar-refractivity contribution < 1.29 is 0 Å². The molecule has 2 bridgehead atoms. The average Bonchev–Trinajstić information content (AvgIpc) is 2.72. The van der Waals surface area contributed by atoms with Crippen LogP contribution in [0.2, 0.25) is 0 Å². The number of rotatable bonds is 3. The molecule has 0 amide bonds. The highest BCUT2D eigenvalue weighted by Crippen LogP contribution is 2.62. The van der Waals surface area contributed by atoms with Crippen LogP contribution in [0.1, 0.15) is 43.0 Å². The summed E-state index contributed by atoms with van der Waals surface area (Å²) in [4.78, 5) is 18.4. The molecule has 1 saturated carbocycles. The molecule has 2 atom stereocenters. The lowest BCUT2D eigenvalue weighted by molar-refractivity contribution is 0.0156. The molecule has 0 spiro atoms. The van der Waals surface area contributed by atoms with Crippen molar-refractivity contribution in [2.45, 2.75) is 32.6 Å². The number of aliphatic imine (C=N–C) groups is 1. The average molecular weight is 354 g/mol. The van der Waals surface area contributed by atoms with Crippen LogP contribution in [0, 0.1) is 11.3 Å². The Hall–Kier alpha value is -2.88. The lowest BCUT2D eigenvalue weighted by Crippen LogP contribution is -2.48. The van der Waals surface area contributed by atoms with Gasteiger partial charge < -0.3 is 0 Å².